The van der Waals surface area contributed by atoms with Crippen LogP contribution >= 0.6 is 23.6 Å². The van der Waals surface area contributed by atoms with Crippen LogP contribution in [-0.2, 0) is 6.42 Å². The number of hydrogen-bond donors (Lipinski definition) is 1. The van der Waals surface area contributed by atoms with Crippen LogP contribution in [0.2, 0.25) is 0 Å². The SMILES string of the molecule is S=C(NC1CCCCC1)N1N=C2c3ccccc3CCC2C1c1cccs1. The maximum absolute atomic E-state index is 5.88. The molecule has 1 fully saturated rings. The molecular weight excluding hydrogens is 370 g/mol. The highest BCUT2D eigenvalue weighted by Crippen LogP contribution is 2.44. The van der Waals surface area contributed by atoms with Gasteiger partial charge in [0.25, 0.3) is 0 Å². The highest BCUT2D eigenvalue weighted by Gasteiger charge is 2.43. The first-order chi connectivity index (χ1) is 13.3. The van der Waals surface area contributed by atoms with Crippen LogP contribution in [0.1, 0.15) is 60.6 Å². The average Bonchev–Trinajstić information content (AvgIpc) is 3.36. The van der Waals surface area contributed by atoms with Crippen molar-refractivity contribution in [1.82, 2.24) is 10.3 Å². The van der Waals surface area contributed by atoms with Crippen molar-refractivity contribution < 1.29 is 0 Å². The molecule has 1 aromatic heterocycles. The topological polar surface area (TPSA) is 27.6 Å². The summed E-state index contributed by atoms with van der Waals surface area (Å²) < 4.78 is 0. The average molecular weight is 396 g/mol. The fourth-order valence-corrected chi connectivity index (χ4v) is 6.05. The lowest BCUT2D eigenvalue weighted by Crippen LogP contribution is -2.44. The summed E-state index contributed by atoms with van der Waals surface area (Å²) in [5.74, 6) is 0.421. The van der Waals surface area contributed by atoms with Crippen molar-refractivity contribution in [3.8, 4) is 0 Å². The van der Waals surface area contributed by atoms with Gasteiger partial charge in [-0.1, -0.05) is 49.6 Å². The lowest BCUT2D eigenvalue weighted by atomic mass is 9.79. The van der Waals surface area contributed by atoms with E-state index >= 15 is 0 Å². The second-order valence-corrected chi connectivity index (χ2v) is 9.24. The molecule has 0 bridgehead atoms. The minimum atomic E-state index is 0.233. The summed E-state index contributed by atoms with van der Waals surface area (Å²) >= 11 is 7.70. The number of fused-ring (bicyclic) bond motifs is 3. The second-order valence-electron chi connectivity index (χ2n) is 7.88. The summed E-state index contributed by atoms with van der Waals surface area (Å²) in [6.07, 6.45) is 8.67. The van der Waals surface area contributed by atoms with E-state index in [9.17, 15) is 0 Å². The summed E-state index contributed by atoms with van der Waals surface area (Å²) in [5.41, 5.74) is 3.96. The molecule has 3 aliphatic rings. The molecule has 0 amide bonds. The molecule has 2 unspecified atom stereocenters. The highest BCUT2D eigenvalue weighted by atomic mass is 32.1. The Labute approximate surface area is 170 Å². The first-order valence-corrected chi connectivity index (χ1v) is 11.4. The van der Waals surface area contributed by atoms with E-state index in [2.05, 4.69) is 52.1 Å². The van der Waals surface area contributed by atoms with E-state index < -0.39 is 0 Å². The number of benzene rings is 1. The molecule has 5 rings (SSSR count). The van der Waals surface area contributed by atoms with E-state index in [0.717, 1.165) is 18.0 Å². The molecule has 2 atom stereocenters. The van der Waals surface area contributed by atoms with Gasteiger partial charge in [-0.05, 0) is 54.9 Å². The minimum Gasteiger partial charge on any atom is -0.358 e. The molecule has 27 heavy (non-hydrogen) atoms. The third-order valence-corrected chi connectivity index (χ3v) is 7.45. The van der Waals surface area contributed by atoms with Crippen LogP contribution in [0.15, 0.2) is 46.9 Å². The third-order valence-electron chi connectivity index (χ3n) is 6.20. The molecule has 140 valence electrons. The van der Waals surface area contributed by atoms with Gasteiger partial charge in [-0.15, -0.1) is 11.3 Å². The van der Waals surface area contributed by atoms with Gasteiger partial charge in [0.15, 0.2) is 5.11 Å². The van der Waals surface area contributed by atoms with Gasteiger partial charge < -0.3 is 5.32 Å². The molecular formula is C22H25N3S2. The molecule has 0 saturated heterocycles. The standard InChI is InChI=1S/C22H25N3S2/c26-22(23-16-8-2-1-3-9-16)25-21(19-11-6-14-27-19)18-13-12-15-7-4-5-10-17(15)20(18)24-25/h4-7,10-11,14,16,18,21H,1-3,8-9,12-13H2,(H,23,26). The molecule has 1 saturated carbocycles. The molecule has 2 aliphatic carbocycles. The number of thiophene rings is 1. The summed E-state index contributed by atoms with van der Waals surface area (Å²) in [5, 5.41) is 13.8. The number of thiocarbonyl (C=S) groups is 1. The molecule has 5 heteroatoms. The fraction of sp³-hybridized carbons (Fsp3) is 0.455. The summed E-state index contributed by atoms with van der Waals surface area (Å²) in [4.78, 5) is 1.37. The van der Waals surface area contributed by atoms with Gasteiger partial charge in [0, 0.05) is 22.4 Å². The molecule has 2 heterocycles. The largest absolute Gasteiger partial charge is 0.358 e. The van der Waals surface area contributed by atoms with Crippen LogP contribution in [0.4, 0.5) is 0 Å². The summed E-state index contributed by atoms with van der Waals surface area (Å²) in [6, 6.07) is 13.9. The van der Waals surface area contributed by atoms with Gasteiger partial charge in [-0.25, -0.2) is 5.01 Å². The van der Waals surface area contributed by atoms with E-state index in [-0.39, 0.29) is 6.04 Å². The van der Waals surface area contributed by atoms with E-state index in [1.807, 2.05) is 11.3 Å². The Hall–Kier alpha value is -1.72. The van der Waals surface area contributed by atoms with Crippen LogP contribution in [0.3, 0.4) is 0 Å². The van der Waals surface area contributed by atoms with E-state index in [4.69, 9.17) is 17.3 Å². The Morgan fingerprint density at radius 1 is 1.07 bits per heavy atom. The number of hydrazone groups is 1. The van der Waals surface area contributed by atoms with Crippen LogP contribution in [0.25, 0.3) is 0 Å². The number of nitrogens with zero attached hydrogens (tertiary/aromatic N) is 2. The van der Waals surface area contributed by atoms with Crippen molar-refractivity contribution in [3.05, 3.63) is 57.8 Å². The summed E-state index contributed by atoms with van der Waals surface area (Å²) in [6.45, 7) is 0. The van der Waals surface area contributed by atoms with Gasteiger partial charge in [-0.2, -0.15) is 5.10 Å². The van der Waals surface area contributed by atoms with E-state index in [1.54, 1.807) is 0 Å². The number of aryl methyl sites for hydroxylation is 1. The smallest absolute Gasteiger partial charge is 0.190 e. The maximum Gasteiger partial charge on any atom is 0.190 e. The molecule has 0 spiro atoms. The normalized spacial score (nSPS) is 24.9. The number of hydrogen-bond acceptors (Lipinski definition) is 3. The Bertz CT molecular complexity index is 852. The molecule has 2 aromatic rings. The van der Waals surface area contributed by atoms with Crippen molar-refractivity contribution in [2.75, 3.05) is 0 Å². The maximum atomic E-state index is 5.88. The van der Waals surface area contributed by atoms with Crippen LogP contribution in [0.5, 0.6) is 0 Å². The zero-order chi connectivity index (χ0) is 18.2. The molecule has 1 aromatic carbocycles. The number of nitrogens with one attached hydrogen (secondary N) is 1. The third kappa shape index (κ3) is 3.21. The van der Waals surface area contributed by atoms with Crippen LogP contribution in [0, 0.1) is 5.92 Å². The van der Waals surface area contributed by atoms with Crippen molar-refractivity contribution in [3.63, 3.8) is 0 Å². The van der Waals surface area contributed by atoms with Crippen molar-refractivity contribution in [2.45, 2.75) is 57.0 Å². The molecule has 1 aliphatic heterocycles. The van der Waals surface area contributed by atoms with Crippen molar-refractivity contribution >= 4 is 34.4 Å². The van der Waals surface area contributed by atoms with Crippen molar-refractivity contribution in [1.29, 1.82) is 0 Å². The quantitative estimate of drug-likeness (QED) is 0.701. The summed E-state index contributed by atoms with van der Waals surface area (Å²) in [7, 11) is 0. The predicted molar refractivity (Wildman–Crippen MR) is 116 cm³/mol. The van der Waals surface area contributed by atoms with Gasteiger partial charge in [0.05, 0.1) is 11.8 Å². The lowest BCUT2D eigenvalue weighted by molar-refractivity contribution is 0.298. The van der Waals surface area contributed by atoms with Crippen LogP contribution < -0.4 is 5.32 Å². The molecule has 0 radical (unpaired) electrons. The monoisotopic (exact) mass is 395 g/mol. The lowest BCUT2D eigenvalue weighted by Gasteiger charge is -2.32. The second kappa shape index (κ2) is 7.36. The Morgan fingerprint density at radius 2 is 1.93 bits per heavy atom. The van der Waals surface area contributed by atoms with Gasteiger partial charge in [0.1, 0.15) is 0 Å². The van der Waals surface area contributed by atoms with Gasteiger partial charge >= 0.3 is 0 Å². The Balaban J connectivity index is 1.48. The fourth-order valence-electron chi connectivity index (χ4n) is 4.86. The zero-order valence-electron chi connectivity index (χ0n) is 15.4. The van der Waals surface area contributed by atoms with Crippen molar-refractivity contribution in [2.24, 2.45) is 11.0 Å². The zero-order valence-corrected chi connectivity index (χ0v) is 17.1. The van der Waals surface area contributed by atoms with Gasteiger partial charge in [-0.3, -0.25) is 0 Å². The predicted octanol–water partition coefficient (Wildman–Crippen LogP) is 5.28. The molecule has 3 nitrogen and oxygen atoms in total. The number of rotatable bonds is 2. The van der Waals surface area contributed by atoms with E-state index in [0.29, 0.717) is 12.0 Å². The van der Waals surface area contributed by atoms with E-state index in [1.165, 1.54) is 53.8 Å². The van der Waals surface area contributed by atoms with Gasteiger partial charge in [0.2, 0.25) is 0 Å². The van der Waals surface area contributed by atoms with Crippen LogP contribution in [-0.4, -0.2) is 21.9 Å². The Kier molecular flexibility index (Phi) is 4.74. The highest BCUT2D eigenvalue weighted by molar-refractivity contribution is 7.80. The minimum absolute atomic E-state index is 0.233. The Morgan fingerprint density at radius 3 is 2.74 bits per heavy atom. The first kappa shape index (κ1) is 17.4. The first-order valence-electron chi connectivity index (χ1n) is 10.1. The molecule has 1 N–H and O–H groups in total.